The van der Waals surface area contributed by atoms with Crippen molar-refractivity contribution >= 4 is 11.3 Å². The van der Waals surface area contributed by atoms with Gasteiger partial charge in [-0.05, 0) is 71.3 Å². The minimum absolute atomic E-state index is 0.349. The molecule has 0 amide bonds. The van der Waals surface area contributed by atoms with Gasteiger partial charge in [0, 0.05) is 0 Å². The maximum atomic E-state index is 3.64. The number of nitrogens with one attached hydrogen (secondary N) is 1. The van der Waals surface area contributed by atoms with Gasteiger partial charge in [-0.25, -0.2) is 0 Å². The molecule has 1 unspecified atom stereocenters. The summed E-state index contributed by atoms with van der Waals surface area (Å²) in [5, 5.41) is 8.17. The predicted molar refractivity (Wildman–Crippen MR) is 83.0 cm³/mol. The summed E-state index contributed by atoms with van der Waals surface area (Å²) in [5.74, 6) is 0. The van der Waals surface area contributed by atoms with Gasteiger partial charge in [0.05, 0.1) is 6.04 Å². The number of fused-ring (bicyclic) bond motifs is 1. The highest BCUT2D eigenvalue weighted by molar-refractivity contribution is 7.08. The SMILES string of the molecule is CCNC(c1ccc2c(c1)CCC2)c1cscc1C. The van der Waals surface area contributed by atoms with E-state index in [0.29, 0.717) is 6.04 Å². The summed E-state index contributed by atoms with van der Waals surface area (Å²) in [5.41, 5.74) is 7.37. The first-order valence-corrected chi connectivity index (χ1v) is 8.11. The van der Waals surface area contributed by atoms with Gasteiger partial charge in [-0.15, -0.1) is 0 Å². The maximum absolute atomic E-state index is 3.64. The average molecular weight is 271 g/mol. The average Bonchev–Trinajstić information content (AvgIpc) is 3.03. The van der Waals surface area contributed by atoms with Crippen LogP contribution in [-0.2, 0) is 12.8 Å². The van der Waals surface area contributed by atoms with E-state index in [1.807, 2.05) is 0 Å². The monoisotopic (exact) mass is 271 g/mol. The van der Waals surface area contributed by atoms with Crippen LogP contribution >= 0.6 is 11.3 Å². The molecular formula is C17H21NS. The van der Waals surface area contributed by atoms with Gasteiger partial charge in [0.15, 0.2) is 0 Å². The largest absolute Gasteiger partial charge is 0.306 e. The molecule has 3 rings (SSSR count). The highest BCUT2D eigenvalue weighted by Gasteiger charge is 2.18. The van der Waals surface area contributed by atoms with Crippen LogP contribution in [0.5, 0.6) is 0 Å². The number of rotatable bonds is 4. The summed E-state index contributed by atoms with van der Waals surface area (Å²) in [7, 11) is 0. The molecule has 1 atom stereocenters. The van der Waals surface area contributed by atoms with Gasteiger partial charge in [-0.3, -0.25) is 0 Å². The van der Waals surface area contributed by atoms with Crippen LogP contribution in [-0.4, -0.2) is 6.54 Å². The Balaban J connectivity index is 1.98. The first-order chi connectivity index (χ1) is 9.29. The molecule has 0 spiro atoms. The van der Waals surface area contributed by atoms with Gasteiger partial charge < -0.3 is 5.32 Å². The molecule has 0 aliphatic heterocycles. The fourth-order valence-corrected chi connectivity index (χ4v) is 3.93. The van der Waals surface area contributed by atoms with Gasteiger partial charge in [-0.1, -0.05) is 25.1 Å². The summed E-state index contributed by atoms with van der Waals surface area (Å²) in [6.45, 7) is 5.39. The second-order valence-electron chi connectivity index (χ2n) is 5.38. The maximum Gasteiger partial charge on any atom is 0.0587 e. The molecule has 100 valence electrons. The summed E-state index contributed by atoms with van der Waals surface area (Å²) in [6.07, 6.45) is 3.84. The third kappa shape index (κ3) is 2.47. The summed E-state index contributed by atoms with van der Waals surface area (Å²) >= 11 is 1.80. The molecule has 0 saturated carbocycles. The van der Waals surface area contributed by atoms with Crippen LogP contribution in [0.25, 0.3) is 0 Å². The van der Waals surface area contributed by atoms with Crippen LogP contribution in [0.15, 0.2) is 29.0 Å². The lowest BCUT2D eigenvalue weighted by Gasteiger charge is -2.19. The van der Waals surface area contributed by atoms with E-state index in [2.05, 4.69) is 48.1 Å². The minimum Gasteiger partial charge on any atom is -0.306 e. The summed E-state index contributed by atoms with van der Waals surface area (Å²) in [6, 6.07) is 7.42. The van der Waals surface area contributed by atoms with Crippen molar-refractivity contribution in [3.8, 4) is 0 Å². The predicted octanol–water partition coefficient (Wildman–Crippen LogP) is 4.24. The topological polar surface area (TPSA) is 12.0 Å². The minimum atomic E-state index is 0.349. The smallest absolute Gasteiger partial charge is 0.0587 e. The Labute approximate surface area is 119 Å². The Hall–Kier alpha value is -1.12. The molecule has 0 fully saturated rings. The van der Waals surface area contributed by atoms with Crippen LogP contribution in [0.1, 0.15) is 47.2 Å². The highest BCUT2D eigenvalue weighted by atomic mass is 32.1. The van der Waals surface area contributed by atoms with Crippen molar-refractivity contribution in [3.05, 3.63) is 56.8 Å². The van der Waals surface area contributed by atoms with Gasteiger partial charge >= 0.3 is 0 Å². The van der Waals surface area contributed by atoms with E-state index >= 15 is 0 Å². The lowest BCUT2D eigenvalue weighted by Crippen LogP contribution is -2.22. The molecule has 1 aromatic carbocycles. The van der Waals surface area contributed by atoms with E-state index in [-0.39, 0.29) is 0 Å². The van der Waals surface area contributed by atoms with Crippen molar-refractivity contribution in [2.75, 3.05) is 6.54 Å². The van der Waals surface area contributed by atoms with Crippen molar-refractivity contribution in [1.29, 1.82) is 0 Å². The van der Waals surface area contributed by atoms with E-state index in [4.69, 9.17) is 0 Å². The van der Waals surface area contributed by atoms with E-state index in [1.165, 1.54) is 36.0 Å². The summed E-state index contributed by atoms with van der Waals surface area (Å²) < 4.78 is 0. The Morgan fingerprint density at radius 3 is 2.79 bits per heavy atom. The zero-order valence-corrected chi connectivity index (χ0v) is 12.5. The first kappa shape index (κ1) is 12.9. The number of aryl methyl sites for hydroxylation is 3. The third-order valence-electron chi connectivity index (χ3n) is 4.07. The molecule has 0 radical (unpaired) electrons. The molecule has 0 bridgehead atoms. The summed E-state index contributed by atoms with van der Waals surface area (Å²) in [4.78, 5) is 0. The number of hydrogen-bond acceptors (Lipinski definition) is 2. The van der Waals surface area contributed by atoms with Gasteiger partial charge in [0.1, 0.15) is 0 Å². The van der Waals surface area contributed by atoms with Crippen molar-refractivity contribution in [2.24, 2.45) is 0 Å². The highest BCUT2D eigenvalue weighted by Crippen LogP contribution is 2.31. The van der Waals surface area contributed by atoms with Crippen molar-refractivity contribution in [3.63, 3.8) is 0 Å². The van der Waals surface area contributed by atoms with Gasteiger partial charge in [0.25, 0.3) is 0 Å². The van der Waals surface area contributed by atoms with Crippen LogP contribution in [0, 0.1) is 6.92 Å². The molecule has 1 aromatic heterocycles. The standard InChI is InChI=1S/C17H21NS/c1-3-18-17(16-11-19-10-12(16)2)15-8-7-13-5-4-6-14(13)9-15/h7-11,17-18H,3-6H2,1-2H3. The number of hydrogen-bond donors (Lipinski definition) is 1. The molecule has 19 heavy (non-hydrogen) atoms. The molecule has 2 heteroatoms. The van der Waals surface area contributed by atoms with E-state index in [9.17, 15) is 0 Å². The molecule has 1 nitrogen and oxygen atoms in total. The normalized spacial score (nSPS) is 15.5. The molecule has 1 N–H and O–H groups in total. The van der Waals surface area contributed by atoms with Gasteiger partial charge in [-0.2, -0.15) is 11.3 Å². The van der Waals surface area contributed by atoms with Gasteiger partial charge in [0.2, 0.25) is 0 Å². The van der Waals surface area contributed by atoms with Crippen molar-refractivity contribution in [2.45, 2.75) is 39.2 Å². The van der Waals surface area contributed by atoms with Crippen molar-refractivity contribution < 1.29 is 0 Å². The van der Waals surface area contributed by atoms with Crippen LogP contribution < -0.4 is 5.32 Å². The molecular weight excluding hydrogens is 250 g/mol. The lowest BCUT2D eigenvalue weighted by molar-refractivity contribution is 0.629. The fraction of sp³-hybridized carbons (Fsp3) is 0.412. The van der Waals surface area contributed by atoms with Crippen LogP contribution in [0.4, 0.5) is 0 Å². The first-order valence-electron chi connectivity index (χ1n) is 7.17. The number of thiophene rings is 1. The zero-order valence-electron chi connectivity index (χ0n) is 11.7. The van der Waals surface area contributed by atoms with Crippen LogP contribution in [0.3, 0.4) is 0 Å². The Morgan fingerprint density at radius 1 is 1.21 bits per heavy atom. The number of benzene rings is 1. The molecule has 0 saturated heterocycles. The zero-order chi connectivity index (χ0) is 13.2. The lowest BCUT2D eigenvalue weighted by atomic mass is 9.95. The van der Waals surface area contributed by atoms with E-state index in [1.54, 1.807) is 22.5 Å². The second kappa shape index (κ2) is 5.48. The molecule has 1 aliphatic rings. The second-order valence-corrected chi connectivity index (χ2v) is 6.13. The van der Waals surface area contributed by atoms with Crippen molar-refractivity contribution in [1.82, 2.24) is 5.32 Å². The Bertz CT molecular complexity index is 570. The molecule has 1 aliphatic carbocycles. The molecule has 1 heterocycles. The molecule has 2 aromatic rings. The fourth-order valence-electron chi connectivity index (χ4n) is 3.05. The van der Waals surface area contributed by atoms with E-state index in [0.717, 1.165) is 6.54 Å². The van der Waals surface area contributed by atoms with E-state index < -0.39 is 0 Å². The quantitative estimate of drug-likeness (QED) is 0.877. The Morgan fingerprint density at radius 2 is 2.05 bits per heavy atom. The third-order valence-corrected chi connectivity index (χ3v) is 4.95. The Kier molecular flexibility index (Phi) is 3.72. The van der Waals surface area contributed by atoms with Crippen LogP contribution in [0.2, 0.25) is 0 Å².